The van der Waals surface area contributed by atoms with Crippen molar-refractivity contribution in [3.8, 4) is 5.75 Å². The predicted molar refractivity (Wildman–Crippen MR) is 67.3 cm³/mol. The van der Waals surface area contributed by atoms with Gasteiger partial charge in [-0.05, 0) is 24.3 Å². The first-order valence-electron chi connectivity index (χ1n) is 5.91. The van der Waals surface area contributed by atoms with Crippen LogP contribution in [-0.4, -0.2) is 19.1 Å². The highest BCUT2D eigenvalue weighted by molar-refractivity contribution is 5.77. The Bertz CT molecular complexity index is 525. The van der Waals surface area contributed by atoms with Crippen LogP contribution in [0.2, 0.25) is 0 Å². The fourth-order valence-corrected chi connectivity index (χ4v) is 1.54. The fourth-order valence-electron chi connectivity index (χ4n) is 1.54. The number of amides is 1. The zero-order valence-corrected chi connectivity index (χ0v) is 10.3. The van der Waals surface area contributed by atoms with Crippen LogP contribution in [0.3, 0.4) is 0 Å². The minimum absolute atomic E-state index is 0.137. The molecular weight excluding hydrogens is 249 g/mol. The fraction of sp³-hybridized carbons (Fsp3) is 0.214. The van der Waals surface area contributed by atoms with E-state index < -0.39 is 5.82 Å². The normalized spacial score (nSPS) is 10.2. The molecule has 0 aliphatic carbocycles. The van der Waals surface area contributed by atoms with Gasteiger partial charge in [0, 0.05) is 19.0 Å². The van der Waals surface area contributed by atoms with E-state index in [1.807, 2.05) is 6.07 Å². The average molecular weight is 263 g/mol. The standard InChI is InChI=1S/C14H14FNO3/c15-11-3-1-4-13(9-11)19-10-14(17)16-7-6-12-5-2-8-18-12/h1-5,8-9H,6-7,10H2,(H,16,17). The lowest BCUT2D eigenvalue weighted by Crippen LogP contribution is -2.30. The number of rotatable bonds is 6. The summed E-state index contributed by atoms with van der Waals surface area (Å²) in [7, 11) is 0. The first-order valence-corrected chi connectivity index (χ1v) is 5.91. The molecule has 0 radical (unpaired) electrons. The molecule has 2 rings (SSSR count). The van der Waals surface area contributed by atoms with Crippen LogP contribution < -0.4 is 10.1 Å². The molecule has 4 nitrogen and oxygen atoms in total. The van der Waals surface area contributed by atoms with E-state index in [0.29, 0.717) is 18.7 Å². The van der Waals surface area contributed by atoms with Crippen molar-refractivity contribution in [3.63, 3.8) is 0 Å². The Morgan fingerprint density at radius 3 is 2.95 bits per heavy atom. The number of ether oxygens (including phenoxy) is 1. The Kier molecular flexibility index (Phi) is 4.55. The van der Waals surface area contributed by atoms with Gasteiger partial charge >= 0.3 is 0 Å². The SMILES string of the molecule is O=C(COc1cccc(F)c1)NCCc1ccco1. The molecule has 19 heavy (non-hydrogen) atoms. The van der Waals surface area contributed by atoms with E-state index in [4.69, 9.17) is 9.15 Å². The molecule has 0 unspecified atom stereocenters. The first kappa shape index (κ1) is 13.1. The van der Waals surface area contributed by atoms with E-state index in [2.05, 4.69) is 5.32 Å². The van der Waals surface area contributed by atoms with Crippen LogP contribution in [-0.2, 0) is 11.2 Å². The molecule has 1 N–H and O–H groups in total. The van der Waals surface area contributed by atoms with Gasteiger partial charge < -0.3 is 14.5 Å². The molecule has 0 atom stereocenters. The number of carbonyl (C=O) groups is 1. The number of nitrogens with one attached hydrogen (secondary N) is 1. The molecule has 1 amide bonds. The van der Waals surface area contributed by atoms with E-state index in [1.54, 1.807) is 18.4 Å². The highest BCUT2D eigenvalue weighted by Gasteiger charge is 2.03. The van der Waals surface area contributed by atoms with Gasteiger partial charge in [0.1, 0.15) is 17.3 Å². The average Bonchev–Trinajstić information content (AvgIpc) is 2.90. The highest BCUT2D eigenvalue weighted by Crippen LogP contribution is 2.11. The summed E-state index contributed by atoms with van der Waals surface area (Å²) >= 11 is 0. The summed E-state index contributed by atoms with van der Waals surface area (Å²) in [5.74, 6) is 0.499. The molecule has 0 fully saturated rings. The number of hydrogen-bond acceptors (Lipinski definition) is 3. The van der Waals surface area contributed by atoms with Gasteiger partial charge in [0.15, 0.2) is 6.61 Å². The van der Waals surface area contributed by atoms with E-state index in [9.17, 15) is 9.18 Å². The Hall–Kier alpha value is -2.30. The number of benzene rings is 1. The van der Waals surface area contributed by atoms with Crippen LogP contribution in [0.1, 0.15) is 5.76 Å². The molecule has 0 aliphatic rings. The summed E-state index contributed by atoms with van der Waals surface area (Å²) in [6.45, 7) is 0.334. The van der Waals surface area contributed by atoms with Gasteiger partial charge in [-0.25, -0.2) is 4.39 Å². The minimum Gasteiger partial charge on any atom is -0.484 e. The molecule has 0 bridgehead atoms. The number of halogens is 1. The third-order valence-corrected chi connectivity index (χ3v) is 2.44. The van der Waals surface area contributed by atoms with Crippen LogP contribution in [0.25, 0.3) is 0 Å². The van der Waals surface area contributed by atoms with Gasteiger partial charge in [0.25, 0.3) is 5.91 Å². The van der Waals surface area contributed by atoms with E-state index in [1.165, 1.54) is 18.2 Å². The van der Waals surface area contributed by atoms with Crippen LogP contribution in [0.15, 0.2) is 47.1 Å². The van der Waals surface area contributed by atoms with Gasteiger partial charge in [-0.15, -0.1) is 0 Å². The molecule has 0 aliphatic heterocycles. The van der Waals surface area contributed by atoms with E-state index in [0.717, 1.165) is 5.76 Å². The molecule has 5 heteroatoms. The van der Waals surface area contributed by atoms with Crippen molar-refractivity contribution < 1.29 is 18.3 Å². The van der Waals surface area contributed by atoms with Crippen molar-refractivity contribution in [2.24, 2.45) is 0 Å². The maximum atomic E-state index is 12.9. The van der Waals surface area contributed by atoms with Gasteiger partial charge in [-0.1, -0.05) is 6.07 Å². The lowest BCUT2D eigenvalue weighted by Gasteiger charge is -2.06. The largest absolute Gasteiger partial charge is 0.484 e. The van der Waals surface area contributed by atoms with Crippen molar-refractivity contribution in [3.05, 3.63) is 54.2 Å². The lowest BCUT2D eigenvalue weighted by molar-refractivity contribution is -0.123. The second kappa shape index (κ2) is 6.58. The van der Waals surface area contributed by atoms with Gasteiger partial charge in [-0.2, -0.15) is 0 Å². The Morgan fingerprint density at radius 1 is 1.32 bits per heavy atom. The predicted octanol–water partition coefficient (Wildman–Crippen LogP) is 2.16. The number of hydrogen-bond donors (Lipinski definition) is 1. The summed E-state index contributed by atoms with van der Waals surface area (Å²) in [4.78, 5) is 11.5. The second-order valence-electron chi connectivity index (χ2n) is 3.93. The maximum Gasteiger partial charge on any atom is 0.257 e. The minimum atomic E-state index is -0.393. The molecule has 1 aromatic heterocycles. The number of carbonyl (C=O) groups excluding carboxylic acids is 1. The third kappa shape index (κ3) is 4.46. The van der Waals surface area contributed by atoms with Crippen molar-refractivity contribution in [2.75, 3.05) is 13.2 Å². The van der Waals surface area contributed by atoms with Crippen molar-refractivity contribution in [2.45, 2.75) is 6.42 Å². The zero-order chi connectivity index (χ0) is 13.5. The van der Waals surface area contributed by atoms with Crippen LogP contribution in [0.5, 0.6) is 5.75 Å². The van der Waals surface area contributed by atoms with Crippen LogP contribution in [0.4, 0.5) is 4.39 Å². The molecular formula is C14H14FNO3. The Labute approximate surface area is 110 Å². The lowest BCUT2D eigenvalue weighted by atomic mass is 10.3. The van der Waals surface area contributed by atoms with Gasteiger partial charge in [0.05, 0.1) is 6.26 Å². The number of furan rings is 1. The topological polar surface area (TPSA) is 51.5 Å². The summed E-state index contributed by atoms with van der Waals surface area (Å²) < 4.78 is 23.2. The molecule has 0 saturated heterocycles. The zero-order valence-electron chi connectivity index (χ0n) is 10.3. The molecule has 1 heterocycles. The highest BCUT2D eigenvalue weighted by atomic mass is 19.1. The molecule has 0 saturated carbocycles. The summed E-state index contributed by atoms with van der Waals surface area (Å²) in [6, 6.07) is 9.31. The van der Waals surface area contributed by atoms with E-state index in [-0.39, 0.29) is 12.5 Å². The van der Waals surface area contributed by atoms with Gasteiger partial charge in [-0.3, -0.25) is 4.79 Å². The van der Waals surface area contributed by atoms with Crippen LogP contribution >= 0.6 is 0 Å². The monoisotopic (exact) mass is 263 g/mol. The summed E-state index contributed by atoms with van der Waals surface area (Å²) in [5.41, 5.74) is 0. The quantitative estimate of drug-likeness (QED) is 0.868. The summed E-state index contributed by atoms with van der Waals surface area (Å²) in [6.07, 6.45) is 2.21. The van der Waals surface area contributed by atoms with Crippen LogP contribution in [0, 0.1) is 5.82 Å². The molecule has 2 aromatic rings. The van der Waals surface area contributed by atoms with Crippen molar-refractivity contribution in [1.82, 2.24) is 5.32 Å². The van der Waals surface area contributed by atoms with Crippen molar-refractivity contribution >= 4 is 5.91 Å². The first-order chi connectivity index (χ1) is 9.24. The van der Waals surface area contributed by atoms with E-state index >= 15 is 0 Å². The Morgan fingerprint density at radius 2 is 2.21 bits per heavy atom. The van der Waals surface area contributed by atoms with Gasteiger partial charge in [0.2, 0.25) is 0 Å². The Balaban J connectivity index is 1.67. The smallest absolute Gasteiger partial charge is 0.257 e. The molecule has 1 aromatic carbocycles. The molecule has 0 spiro atoms. The van der Waals surface area contributed by atoms with Crippen molar-refractivity contribution in [1.29, 1.82) is 0 Å². The maximum absolute atomic E-state index is 12.9. The molecule has 100 valence electrons. The third-order valence-electron chi connectivity index (χ3n) is 2.44. The summed E-state index contributed by atoms with van der Waals surface area (Å²) in [5, 5.41) is 2.69. The second-order valence-corrected chi connectivity index (χ2v) is 3.93.